The van der Waals surface area contributed by atoms with Gasteiger partial charge >= 0.3 is 0 Å². The molecule has 0 saturated carbocycles. The predicted octanol–water partition coefficient (Wildman–Crippen LogP) is 2.72. The lowest BCUT2D eigenvalue weighted by atomic mass is 10.5. The summed E-state index contributed by atoms with van der Waals surface area (Å²) in [4.78, 5) is 3.96. The number of hydrogen-bond acceptors (Lipinski definition) is 5. The molecule has 2 heterocycles. The lowest BCUT2D eigenvalue weighted by Crippen LogP contribution is -2.13. The summed E-state index contributed by atoms with van der Waals surface area (Å²) in [5.41, 5.74) is 0. The van der Waals surface area contributed by atoms with Crippen LogP contribution in [0.1, 0.15) is 0 Å². The Morgan fingerprint density at radius 3 is 2.89 bits per heavy atom. The number of pyridine rings is 1. The van der Waals surface area contributed by atoms with Gasteiger partial charge in [-0.25, -0.2) is 13.4 Å². The minimum atomic E-state index is -3.68. The first-order valence-electron chi connectivity index (χ1n) is 4.79. The van der Waals surface area contributed by atoms with Gasteiger partial charge in [0.05, 0.1) is 11.6 Å². The Morgan fingerprint density at radius 1 is 1.44 bits per heavy atom. The van der Waals surface area contributed by atoms with Gasteiger partial charge in [0.25, 0.3) is 10.0 Å². The van der Waals surface area contributed by atoms with Gasteiger partial charge in [0.2, 0.25) is 0 Å². The van der Waals surface area contributed by atoms with E-state index in [-0.39, 0.29) is 10.0 Å². The van der Waals surface area contributed by atoms with Crippen LogP contribution in [0.15, 0.2) is 38.5 Å². The highest BCUT2D eigenvalue weighted by atomic mass is 79.9. The van der Waals surface area contributed by atoms with Crippen LogP contribution in [0.5, 0.6) is 5.75 Å². The lowest BCUT2D eigenvalue weighted by Gasteiger charge is -2.08. The number of nitrogens with one attached hydrogen (secondary N) is 1. The van der Waals surface area contributed by atoms with Gasteiger partial charge in [-0.1, -0.05) is 0 Å². The molecule has 0 fully saturated rings. The molecule has 0 amide bonds. The molecule has 0 spiro atoms. The summed E-state index contributed by atoms with van der Waals surface area (Å²) < 4.78 is 32.4. The molecule has 0 radical (unpaired) electrons. The normalized spacial score (nSPS) is 11.2. The first-order valence-corrected chi connectivity index (χ1v) is 7.95. The summed E-state index contributed by atoms with van der Waals surface area (Å²) in [5.74, 6) is 0.563. The molecule has 2 aromatic heterocycles. The third-order valence-electron chi connectivity index (χ3n) is 2.05. The van der Waals surface area contributed by atoms with Crippen molar-refractivity contribution in [3.05, 3.63) is 34.2 Å². The van der Waals surface area contributed by atoms with E-state index in [0.717, 1.165) is 11.3 Å². The van der Waals surface area contributed by atoms with Gasteiger partial charge in [0.1, 0.15) is 5.75 Å². The molecule has 0 aromatic carbocycles. The number of aromatic nitrogens is 1. The number of thiophene rings is 1. The molecule has 96 valence electrons. The number of halogens is 1. The van der Waals surface area contributed by atoms with Crippen LogP contribution in [0, 0.1) is 0 Å². The Labute approximate surface area is 117 Å². The SMILES string of the molecule is COc1ccsc1S(=O)(=O)Nc1ncccc1Br. The van der Waals surface area contributed by atoms with Crippen molar-refractivity contribution >= 4 is 43.1 Å². The smallest absolute Gasteiger partial charge is 0.276 e. The highest BCUT2D eigenvalue weighted by Gasteiger charge is 2.22. The third kappa shape index (κ3) is 2.65. The second kappa shape index (κ2) is 5.25. The predicted molar refractivity (Wildman–Crippen MR) is 73.6 cm³/mol. The van der Waals surface area contributed by atoms with E-state index < -0.39 is 10.0 Å². The molecular weight excluding hydrogens is 340 g/mol. The first-order chi connectivity index (χ1) is 8.54. The van der Waals surface area contributed by atoms with E-state index in [1.807, 2.05) is 0 Å². The van der Waals surface area contributed by atoms with E-state index in [4.69, 9.17) is 4.74 Å². The van der Waals surface area contributed by atoms with Gasteiger partial charge < -0.3 is 4.74 Å². The molecule has 0 aliphatic rings. The third-order valence-corrected chi connectivity index (χ3v) is 5.47. The van der Waals surface area contributed by atoms with Gasteiger partial charge in [0.15, 0.2) is 10.0 Å². The fourth-order valence-electron chi connectivity index (χ4n) is 1.27. The number of rotatable bonds is 4. The van der Waals surface area contributed by atoms with Gasteiger partial charge in [-0.2, -0.15) is 0 Å². The summed E-state index contributed by atoms with van der Waals surface area (Å²) in [5, 5.41) is 1.65. The fourth-order valence-corrected chi connectivity index (χ4v) is 4.06. The average molecular weight is 349 g/mol. The Balaban J connectivity index is 2.37. The van der Waals surface area contributed by atoms with Gasteiger partial charge in [-0.3, -0.25) is 4.72 Å². The highest BCUT2D eigenvalue weighted by molar-refractivity contribution is 9.10. The van der Waals surface area contributed by atoms with Gasteiger partial charge in [0, 0.05) is 6.20 Å². The van der Waals surface area contributed by atoms with Crippen molar-refractivity contribution in [3.63, 3.8) is 0 Å². The summed E-state index contributed by atoms with van der Waals surface area (Å²) in [7, 11) is -2.26. The van der Waals surface area contributed by atoms with Crippen LogP contribution >= 0.6 is 27.3 Å². The van der Waals surface area contributed by atoms with Crippen LogP contribution in [0.4, 0.5) is 5.82 Å². The maximum atomic E-state index is 12.2. The standard InChI is InChI=1S/C10H9BrN2O3S2/c1-16-8-4-6-17-10(8)18(14,15)13-9-7(11)3-2-5-12-9/h2-6H,1H3,(H,12,13). The number of sulfonamides is 1. The first kappa shape index (κ1) is 13.3. The van der Waals surface area contributed by atoms with Crippen LogP contribution in [0.2, 0.25) is 0 Å². The highest BCUT2D eigenvalue weighted by Crippen LogP contribution is 2.31. The summed E-state index contributed by atoms with van der Waals surface area (Å²) in [6.45, 7) is 0. The van der Waals surface area contributed by atoms with Crippen molar-refractivity contribution in [2.24, 2.45) is 0 Å². The quantitative estimate of drug-likeness (QED) is 0.922. The Kier molecular flexibility index (Phi) is 3.88. The van der Waals surface area contributed by atoms with E-state index >= 15 is 0 Å². The number of anilines is 1. The molecular formula is C10H9BrN2O3S2. The van der Waals surface area contributed by atoms with E-state index in [0.29, 0.717) is 10.2 Å². The number of methoxy groups -OCH3 is 1. The van der Waals surface area contributed by atoms with Crippen molar-refractivity contribution < 1.29 is 13.2 Å². The van der Waals surface area contributed by atoms with E-state index in [1.165, 1.54) is 13.3 Å². The largest absolute Gasteiger partial charge is 0.494 e. The van der Waals surface area contributed by atoms with Crippen molar-refractivity contribution in [2.75, 3.05) is 11.8 Å². The Bertz CT molecular complexity index is 655. The number of ether oxygens (including phenoxy) is 1. The van der Waals surface area contributed by atoms with Crippen molar-refractivity contribution in [2.45, 2.75) is 4.21 Å². The molecule has 0 bridgehead atoms. The molecule has 8 heteroatoms. The van der Waals surface area contributed by atoms with Crippen molar-refractivity contribution in [1.82, 2.24) is 4.98 Å². The maximum absolute atomic E-state index is 12.2. The summed E-state index contributed by atoms with van der Waals surface area (Å²) in [6, 6.07) is 5.01. The molecule has 0 aliphatic carbocycles. The summed E-state index contributed by atoms with van der Waals surface area (Å²) >= 11 is 4.32. The van der Waals surface area contributed by atoms with Crippen LogP contribution in [0.3, 0.4) is 0 Å². The molecule has 2 rings (SSSR count). The molecule has 5 nitrogen and oxygen atoms in total. The van der Waals surface area contributed by atoms with E-state index in [9.17, 15) is 8.42 Å². The van der Waals surface area contributed by atoms with E-state index in [2.05, 4.69) is 25.6 Å². The zero-order valence-corrected chi connectivity index (χ0v) is 12.5. The van der Waals surface area contributed by atoms with E-state index in [1.54, 1.807) is 23.6 Å². The van der Waals surface area contributed by atoms with Gasteiger partial charge in [-0.05, 0) is 39.5 Å². The molecule has 0 saturated heterocycles. The maximum Gasteiger partial charge on any atom is 0.276 e. The van der Waals surface area contributed by atoms with Gasteiger partial charge in [-0.15, -0.1) is 11.3 Å². The second-order valence-corrected chi connectivity index (χ2v) is 6.86. The zero-order valence-electron chi connectivity index (χ0n) is 9.25. The summed E-state index contributed by atoms with van der Waals surface area (Å²) in [6.07, 6.45) is 1.51. The zero-order chi connectivity index (χ0) is 13.2. The molecule has 18 heavy (non-hydrogen) atoms. The average Bonchev–Trinajstić information content (AvgIpc) is 2.81. The molecule has 0 aliphatic heterocycles. The molecule has 2 aromatic rings. The second-order valence-electron chi connectivity index (χ2n) is 3.22. The topological polar surface area (TPSA) is 68.3 Å². The van der Waals surface area contributed by atoms with Crippen molar-refractivity contribution in [1.29, 1.82) is 0 Å². The van der Waals surface area contributed by atoms with Crippen molar-refractivity contribution in [3.8, 4) is 5.75 Å². The van der Waals surface area contributed by atoms with Crippen LogP contribution in [-0.2, 0) is 10.0 Å². The molecule has 0 unspecified atom stereocenters. The fraction of sp³-hybridized carbons (Fsp3) is 0.100. The van der Waals surface area contributed by atoms with Crippen LogP contribution in [-0.4, -0.2) is 20.5 Å². The number of hydrogen-bond donors (Lipinski definition) is 1. The minimum Gasteiger partial charge on any atom is -0.494 e. The Morgan fingerprint density at radius 2 is 2.22 bits per heavy atom. The number of nitrogens with zero attached hydrogens (tertiary/aromatic N) is 1. The van der Waals surface area contributed by atoms with Crippen LogP contribution < -0.4 is 9.46 Å². The Hall–Kier alpha value is -1.12. The minimum absolute atomic E-state index is 0.127. The molecule has 0 atom stereocenters. The molecule has 1 N–H and O–H groups in total. The monoisotopic (exact) mass is 348 g/mol. The van der Waals surface area contributed by atoms with Crippen LogP contribution in [0.25, 0.3) is 0 Å². The lowest BCUT2D eigenvalue weighted by molar-refractivity contribution is 0.406.